The van der Waals surface area contributed by atoms with Crippen LogP contribution in [0.5, 0.6) is 0 Å². The zero-order valence-corrected chi connectivity index (χ0v) is 9.88. The van der Waals surface area contributed by atoms with E-state index in [4.69, 9.17) is 5.26 Å². The molecule has 84 valence electrons. The minimum absolute atomic E-state index is 0.630. The first kappa shape index (κ1) is 11.2. The largest absolute Gasteiger partial charge is 0.342 e. The second-order valence-electron chi connectivity index (χ2n) is 3.85. The van der Waals surface area contributed by atoms with Crippen molar-refractivity contribution in [3.8, 4) is 6.07 Å². The molecule has 0 aliphatic carbocycles. The Morgan fingerprint density at radius 2 is 1.94 bits per heavy atom. The highest BCUT2D eigenvalue weighted by atomic mass is 15.1. The maximum Gasteiger partial charge on any atom is 0.101 e. The molecule has 3 heteroatoms. The summed E-state index contributed by atoms with van der Waals surface area (Å²) in [7, 11) is 1.94. The van der Waals surface area contributed by atoms with Gasteiger partial charge in [-0.15, -0.1) is 0 Å². The van der Waals surface area contributed by atoms with E-state index in [1.807, 2.05) is 43.1 Å². The summed E-state index contributed by atoms with van der Waals surface area (Å²) >= 11 is 0. The second kappa shape index (κ2) is 4.67. The molecule has 0 aliphatic rings. The Labute approximate surface area is 101 Å². The molecule has 0 N–H and O–H groups in total. The summed E-state index contributed by atoms with van der Waals surface area (Å²) in [5.41, 5.74) is 3.70. The number of benzene rings is 1. The van der Waals surface area contributed by atoms with Crippen molar-refractivity contribution in [2.24, 2.45) is 0 Å². The van der Waals surface area contributed by atoms with Crippen molar-refractivity contribution in [1.29, 1.82) is 5.26 Å². The Morgan fingerprint density at radius 3 is 2.65 bits per heavy atom. The van der Waals surface area contributed by atoms with E-state index in [1.54, 1.807) is 18.5 Å². The predicted molar refractivity (Wildman–Crippen MR) is 68.2 cm³/mol. The molecule has 2 rings (SSSR count). The van der Waals surface area contributed by atoms with Crippen LogP contribution in [0, 0.1) is 18.3 Å². The van der Waals surface area contributed by atoms with Crippen LogP contribution in [-0.2, 0) is 0 Å². The molecule has 0 aliphatic heterocycles. The van der Waals surface area contributed by atoms with Crippen LogP contribution in [0.4, 0.5) is 11.4 Å². The highest BCUT2D eigenvalue weighted by Crippen LogP contribution is 2.27. The number of anilines is 2. The Hall–Kier alpha value is -2.34. The fraction of sp³-hybridized carbons (Fsp3) is 0.143. The third-order valence-corrected chi connectivity index (χ3v) is 2.76. The molecule has 0 radical (unpaired) electrons. The van der Waals surface area contributed by atoms with Crippen molar-refractivity contribution in [2.45, 2.75) is 6.92 Å². The van der Waals surface area contributed by atoms with E-state index < -0.39 is 0 Å². The lowest BCUT2D eigenvalue weighted by atomic mass is 10.1. The number of rotatable bonds is 2. The third kappa shape index (κ3) is 2.11. The molecule has 0 saturated carbocycles. The molecule has 0 unspecified atom stereocenters. The number of aryl methyl sites for hydroxylation is 1. The average molecular weight is 223 g/mol. The molecular weight excluding hydrogens is 210 g/mol. The minimum Gasteiger partial charge on any atom is -0.342 e. The molecule has 0 amide bonds. The van der Waals surface area contributed by atoms with Gasteiger partial charge in [0.15, 0.2) is 0 Å². The fourth-order valence-electron chi connectivity index (χ4n) is 1.82. The van der Waals surface area contributed by atoms with E-state index in [1.165, 1.54) is 5.56 Å². The van der Waals surface area contributed by atoms with Gasteiger partial charge in [-0.05, 0) is 24.6 Å². The van der Waals surface area contributed by atoms with Crippen molar-refractivity contribution in [1.82, 2.24) is 4.98 Å². The van der Waals surface area contributed by atoms with Gasteiger partial charge in [0.1, 0.15) is 6.07 Å². The van der Waals surface area contributed by atoms with Crippen LogP contribution in [-0.4, -0.2) is 12.0 Å². The Kier molecular flexibility index (Phi) is 3.06. The van der Waals surface area contributed by atoms with Gasteiger partial charge in [-0.3, -0.25) is 4.98 Å². The maximum absolute atomic E-state index is 9.08. The van der Waals surface area contributed by atoms with Crippen LogP contribution in [0.15, 0.2) is 42.7 Å². The van der Waals surface area contributed by atoms with Crippen molar-refractivity contribution in [3.05, 3.63) is 53.9 Å². The number of hydrogen-bond acceptors (Lipinski definition) is 3. The van der Waals surface area contributed by atoms with Gasteiger partial charge in [0.25, 0.3) is 0 Å². The summed E-state index contributed by atoms with van der Waals surface area (Å²) in [6, 6.07) is 12.0. The van der Waals surface area contributed by atoms with Crippen molar-refractivity contribution < 1.29 is 0 Å². The smallest absolute Gasteiger partial charge is 0.101 e. The molecule has 0 atom stereocenters. The van der Waals surface area contributed by atoms with Crippen LogP contribution in [0.25, 0.3) is 0 Å². The summed E-state index contributed by atoms with van der Waals surface area (Å²) in [6.45, 7) is 2.05. The summed E-state index contributed by atoms with van der Waals surface area (Å²) in [6.07, 6.45) is 3.35. The zero-order chi connectivity index (χ0) is 12.3. The maximum atomic E-state index is 9.08. The van der Waals surface area contributed by atoms with Gasteiger partial charge in [-0.1, -0.05) is 18.2 Å². The van der Waals surface area contributed by atoms with Crippen LogP contribution in [0.3, 0.4) is 0 Å². The van der Waals surface area contributed by atoms with E-state index in [-0.39, 0.29) is 0 Å². The molecule has 0 saturated heterocycles. The first-order chi connectivity index (χ1) is 8.24. The lowest BCUT2D eigenvalue weighted by Crippen LogP contribution is -2.12. The zero-order valence-electron chi connectivity index (χ0n) is 9.88. The third-order valence-electron chi connectivity index (χ3n) is 2.76. The summed E-state index contributed by atoms with van der Waals surface area (Å²) in [5.74, 6) is 0. The Balaban J connectivity index is 2.48. The van der Waals surface area contributed by atoms with Gasteiger partial charge in [0, 0.05) is 18.9 Å². The molecule has 2 aromatic rings. The number of hydrogen-bond donors (Lipinski definition) is 0. The van der Waals surface area contributed by atoms with Gasteiger partial charge in [0.05, 0.1) is 17.4 Å². The molecule has 0 fully saturated rings. The molecule has 0 bridgehead atoms. The highest BCUT2D eigenvalue weighted by Gasteiger charge is 2.10. The Morgan fingerprint density at radius 1 is 1.18 bits per heavy atom. The van der Waals surface area contributed by atoms with Crippen molar-refractivity contribution in [3.63, 3.8) is 0 Å². The normalized spacial score (nSPS) is 9.71. The van der Waals surface area contributed by atoms with Crippen LogP contribution in [0.2, 0.25) is 0 Å². The van der Waals surface area contributed by atoms with Crippen LogP contribution in [0.1, 0.15) is 11.1 Å². The first-order valence-electron chi connectivity index (χ1n) is 5.37. The summed E-state index contributed by atoms with van der Waals surface area (Å²) in [5, 5.41) is 9.08. The van der Waals surface area contributed by atoms with Crippen molar-refractivity contribution in [2.75, 3.05) is 11.9 Å². The lowest BCUT2D eigenvalue weighted by Gasteiger charge is -2.21. The van der Waals surface area contributed by atoms with E-state index in [9.17, 15) is 0 Å². The number of aromatic nitrogens is 1. The molecule has 0 spiro atoms. The molecular formula is C14H13N3. The van der Waals surface area contributed by atoms with Gasteiger partial charge >= 0.3 is 0 Å². The first-order valence-corrected chi connectivity index (χ1v) is 5.37. The second-order valence-corrected chi connectivity index (χ2v) is 3.85. The number of nitriles is 1. The van der Waals surface area contributed by atoms with Gasteiger partial charge in [-0.2, -0.15) is 5.26 Å². The van der Waals surface area contributed by atoms with Crippen molar-refractivity contribution >= 4 is 11.4 Å². The van der Waals surface area contributed by atoms with Gasteiger partial charge in [0.2, 0.25) is 0 Å². The lowest BCUT2D eigenvalue weighted by molar-refractivity contribution is 1.15. The standard InChI is InChI=1S/C14H13N3/c1-11-5-3-4-6-13(11)17(2)14-10-16-8-7-12(14)9-15/h3-8,10H,1-2H3. The fourth-order valence-corrected chi connectivity index (χ4v) is 1.82. The molecule has 17 heavy (non-hydrogen) atoms. The SMILES string of the molecule is Cc1ccccc1N(C)c1cnccc1C#N. The van der Waals surface area contributed by atoms with Crippen LogP contribution < -0.4 is 4.90 Å². The predicted octanol–water partition coefficient (Wildman–Crippen LogP) is 3.03. The number of para-hydroxylation sites is 1. The van der Waals surface area contributed by atoms with E-state index in [2.05, 4.69) is 11.1 Å². The monoisotopic (exact) mass is 223 g/mol. The van der Waals surface area contributed by atoms with E-state index in [0.717, 1.165) is 11.4 Å². The number of nitrogens with zero attached hydrogens (tertiary/aromatic N) is 3. The quantitative estimate of drug-likeness (QED) is 0.785. The molecule has 1 aromatic heterocycles. The molecule has 1 aromatic carbocycles. The van der Waals surface area contributed by atoms with Gasteiger partial charge in [-0.25, -0.2) is 0 Å². The molecule has 1 heterocycles. The number of pyridine rings is 1. The Bertz CT molecular complexity index is 570. The highest BCUT2D eigenvalue weighted by molar-refractivity contribution is 5.69. The van der Waals surface area contributed by atoms with Gasteiger partial charge < -0.3 is 4.90 Å². The summed E-state index contributed by atoms with van der Waals surface area (Å²) < 4.78 is 0. The van der Waals surface area contributed by atoms with E-state index in [0.29, 0.717) is 5.56 Å². The summed E-state index contributed by atoms with van der Waals surface area (Å²) in [4.78, 5) is 6.06. The topological polar surface area (TPSA) is 39.9 Å². The molecule has 3 nitrogen and oxygen atoms in total. The van der Waals surface area contributed by atoms with E-state index >= 15 is 0 Å². The van der Waals surface area contributed by atoms with Crippen LogP contribution >= 0.6 is 0 Å². The average Bonchev–Trinajstić information content (AvgIpc) is 2.38. The minimum atomic E-state index is 0.630.